The van der Waals surface area contributed by atoms with Crippen molar-refractivity contribution in [3.05, 3.63) is 276 Å². The molecule has 0 bridgehead atoms. The summed E-state index contributed by atoms with van der Waals surface area (Å²) in [5, 5.41) is 21.7. The van der Waals surface area contributed by atoms with E-state index in [0.29, 0.717) is 60.2 Å². The maximum absolute atomic E-state index is 13.0. The van der Waals surface area contributed by atoms with Gasteiger partial charge in [-0.3, -0.25) is 19.2 Å². The molecule has 2 saturated heterocycles. The predicted octanol–water partition coefficient (Wildman–Crippen LogP) is 15.9. The van der Waals surface area contributed by atoms with Crippen LogP contribution in [0.3, 0.4) is 0 Å². The van der Waals surface area contributed by atoms with Crippen LogP contribution in [0.5, 0.6) is 0 Å². The van der Waals surface area contributed by atoms with Gasteiger partial charge < -0.3 is 43.5 Å². The number of Topliss-reactive ketones (excluding diaryl/α,β-unsaturated/α-hetero) is 2. The Bertz CT molecular complexity index is 4090. The van der Waals surface area contributed by atoms with Crippen LogP contribution in [0.4, 0.5) is 17.6 Å². The van der Waals surface area contributed by atoms with Crippen LogP contribution in [-0.2, 0) is 68.8 Å². The van der Waals surface area contributed by atoms with Crippen molar-refractivity contribution in [3.8, 4) is 0 Å². The maximum atomic E-state index is 13.0. The SMILES string of the molecule is CC(=O)c1ccc(Cc2ccc(F)cc2)s1.CC1(c2ccc(C(O)c3ccc(F)cc3)s2)OCCO1.CC1(c2cccs2)OCCO1.COC(=O)/C(O)=C/C(=O)c1ccc(Cc2ccc(F)cc2)s1.COC1=C(C(=O)c2ccc(Cc3ccc(F)cc3)s2)CN(C(C)C)C1=O. The van der Waals surface area contributed by atoms with Crippen LogP contribution < -0.4 is 0 Å². The van der Waals surface area contributed by atoms with Gasteiger partial charge in [-0.05, 0) is 165 Å². The van der Waals surface area contributed by atoms with Crippen molar-refractivity contribution < 1.29 is 80.2 Å². The van der Waals surface area contributed by atoms with E-state index in [1.807, 2.05) is 75.5 Å². The average Bonchev–Trinajstić information content (AvgIpc) is 1.66. The first-order chi connectivity index (χ1) is 45.4. The highest BCUT2D eigenvalue weighted by Gasteiger charge is 2.38. The second-order valence-electron chi connectivity index (χ2n) is 21.9. The Kier molecular flexibility index (Phi) is 26.1. The average molecular weight is 1390 g/mol. The Labute approximate surface area is 567 Å². The number of thiophene rings is 5. The molecule has 1 amide bonds. The molecule has 2 fully saturated rings. The van der Waals surface area contributed by atoms with Crippen LogP contribution in [0.15, 0.2) is 186 Å². The van der Waals surface area contributed by atoms with Gasteiger partial charge in [0, 0.05) is 50.9 Å². The number of carbonyl (C=O) groups excluding carboxylic acids is 5. The molecular formula is C72H69F4NO13S5. The van der Waals surface area contributed by atoms with E-state index in [2.05, 4.69) is 4.74 Å². The molecule has 9 aromatic rings. The summed E-state index contributed by atoms with van der Waals surface area (Å²) in [6, 6.07) is 43.4. The Balaban J connectivity index is 0.000000156. The van der Waals surface area contributed by atoms with E-state index in [1.165, 1.54) is 101 Å². The molecule has 95 heavy (non-hydrogen) atoms. The fourth-order valence-electron chi connectivity index (χ4n) is 9.56. The third-order valence-electron chi connectivity index (χ3n) is 14.7. The van der Waals surface area contributed by atoms with E-state index in [9.17, 15) is 51.7 Å². The summed E-state index contributed by atoms with van der Waals surface area (Å²) in [4.78, 5) is 68.6. The van der Waals surface area contributed by atoms with Crippen molar-refractivity contribution in [2.45, 2.75) is 77.6 Å². The molecule has 14 nitrogen and oxygen atoms in total. The lowest BCUT2D eigenvalue weighted by Gasteiger charge is -2.20. The van der Waals surface area contributed by atoms with Crippen molar-refractivity contribution in [1.82, 2.24) is 4.90 Å². The van der Waals surface area contributed by atoms with E-state index in [4.69, 9.17) is 23.7 Å². The second kappa shape index (κ2) is 34.0. The van der Waals surface area contributed by atoms with E-state index in [-0.39, 0.29) is 59.1 Å². The summed E-state index contributed by atoms with van der Waals surface area (Å²) in [6.07, 6.45) is 2.02. The highest BCUT2D eigenvalue weighted by molar-refractivity contribution is 7.15. The summed E-state index contributed by atoms with van der Waals surface area (Å²) in [5.74, 6) is -4.64. The zero-order valence-electron chi connectivity index (χ0n) is 52.9. The summed E-state index contributed by atoms with van der Waals surface area (Å²) >= 11 is 7.25. The lowest BCUT2D eigenvalue weighted by Crippen LogP contribution is -2.34. The number of ketones is 3. The Morgan fingerprint density at radius 2 is 1.03 bits per heavy atom. The predicted molar refractivity (Wildman–Crippen MR) is 360 cm³/mol. The first kappa shape index (κ1) is 72.8. The summed E-state index contributed by atoms with van der Waals surface area (Å²) < 4.78 is 83.1. The van der Waals surface area contributed by atoms with Gasteiger partial charge in [0.2, 0.25) is 23.1 Å². The van der Waals surface area contributed by atoms with Crippen LogP contribution in [0.25, 0.3) is 0 Å². The topological polar surface area (TPSA) is 184 Å². The number of methoxy groups -OCH3 is 2. The van der Waals surface area contributed by atoms with E-state index < -0.39 is 35.2 Å². The van der Waals surface area contributed by atoms with E-state index >= 15 is 0 Å². The second-order valence-corrected chi connectivity index (χ2v) is 27.5. The van der Waals surface area contributed by atoms with Gasteiger partial charge in [0.05, 0.1) is 77.2 Å². The molecule has 12 rings (SSSR count). The number of allylic oxidation sites excluding steroid dienone is 1. The fraction of sp³-hybridized carbons (Fsp3) is 0.264. The van der Waals surface area contributed by atoms with Gasteiger partial charge >= 0.3 is 5.97 Å². The van der Waals surface area contributed by atoms with Crippen LogP contribution >= 0.6 is 56.7 Å². The maximum Gasteiger partial charge on any atom is 0.373 e. The Hall–Kier alpha value is -8.07. The number of benzene rings is 4. The van der Waals surface area contributed by atoms with Gasteiger partial charge in [0.15, 0.2) is 17.3 Å². The third-order valence-corrected chi connectivity index (χ3v) is 20.4. The molecule has 3 aliphatic rings. The van der Waals surface area contributed by atoms with Gasteiger partial charge in [0.25, 0.3) is 5.91 Å². The number of aliphatic hydroxyl groups excluding tert-OH is 2. The molecule has 23 heteroatoms. The number of halogens is 4. The van der Waals surface area contributed by atoms with Crippen LogP contribution in [-0.4, -0.2) is 97.6 Å². The molecule has 5 aromatic heterocycles. The largest absolute Gasteiger partial charge is 0.502 e. The van der Waals surface area contributed by atoms with Gasteiger partial charge in [-0.25, -0.2) is 22.4 Å². The first-order valence-corrected chi connectivity index (χ1v) is 33.9. The number of rotatable bonds is 18. The third kappa shape index (κ3) is 20.2. The van der Waals surface area contributed by atoms with Gasteiger partial charge in [-0.2, -0.15) is 0 Å². The number of hydrogen-bond acceptors (Lipinski definition) is 18. The minimum absolute atomic E-state index is 0.00433. The molecule has 4 aromatic carbocycles. The van der Waals surface area contributed by atoms with Crippen molar-refractivity contribution >= 4 is 85.9 Å². The zero-order chi connectivity index (χ0) is 68.4. The lowest BCUT2D eigenvalue weighted by molar-refractivity contribution is -0.147. The molecule has 1 atom stereocenters. The monoisotopic (exact) mass is 1390 g/mol. The smallest absolute Gasteiger partial charge is 0.373 e. The van der Waals surface area contributed by atoms with Crippen molar-refractivity contribution in [2.24, 2.45) is 0 Å². The molecule has 0 radical (unpaired) electrons. The number of hydrogen-bond donors (Lipinski definition) is 2. The van der Waals surface area contributed by atoms with Crippen LogP contribution in [0.1, 0.15) is 121 Å². The Morgan fingerprint density at radius 3 is 1.46 bits per heavy atom. The van der Waals surface area contributed by atoms with E-state index in [1.54, 1.807) is 89.9 Å². The normalized spacial score (nSPS) is 14.9. The van der Waals surface area contributed by atoms with Gasteiger partial charge in [-0.1, -0.05) is 54.6 Å². The van der Waals surface area contributed by atoms with Crippen LogP contribution in [0, 0.1) is 23.3 Å². The number of carbonyl (C=O) groups is 5. The van der Waals surface area contributed by atoms with Crippen LogP contribution in [0.2, 0.25) is 0 Å². The van der Waals surface area contributed by atoms with Gasteiger partial charge in [0.1, 0.15) is 29.4 Å². The fourth-order valence-corrected chi connectivity index (χ4v) is 14.3. The minimum atomic E-state index is -0.962. The lowest BCUT2D eigenvalue weighted by atomic mass is 10.1. The molecule has 8 heterocycles. The highest BCUT2D eigenvalue weighted by Crippen LogP contribution is 2.39. The number of ether oxygens (including phenoxy) is 6. The summed E-state index contributed by atoms with van der Waals surface area (Å²) in [6.45, 7) is 12.0. The minimum Gasteiger partial charge on any atom is -0.502 e. The number of nitrogens with zero attached hydrogens (tertiary/aromatic N) is 1. The van der Waals surface area contributed by atoms with Crippen molar-refractivity contribution in [3.63, 3.8) is 0 Å². The molecule has 0 spiro atoms. The molecule has 0 aliphatic carbocycles. The molecule has 2 N–H and O–H groups in total. The molecular weight excluding hydrogens is 1320 g/mol. The molecule has 0 saturated carbocycles. The standard InChI is InChI=1S/C20H20FNO3S.C16H13FO4S.C15H15FO3S.C13H11FOS.C8H10O2S/c1-12(2)22-11-16(19(25-3)20(22)24)18(23)17-9-8-15(26-17)10-13-4-6-14(21)7-5-13;1-21-16(20)14(19)9-13(18)15-7-6-12(22-15)8-10-2-4-11(17)5-3-10;1-15(18-8-9-19-15)13-7-6-12(20-13)14(17)10-2-4-11(16)5-3-10;1-9(15)13-7-6-12(16-13)8-10-2-4-11(14)5-3-10;1-8(9-4-5-10-8)7-3-2-6-11-7/h4-9,12H,10-11H2,1-3H3;2-7,9,19H,8H2,1H3;2-7,14,17H,8-9H2,1H3;2-7H,8H2,1H3;2-3,6H,4-5H2,1H3/b;14-9-;;;. The first-order valence-electron chi connectivity index (χ1n) is 29.7. The summed E-state index contributed by atoms with van der Waals surface area (Å²) in [7, 11) is 2.53. The Morgan fingerprint density at radius 1 is 0.589 bits per heavy atom. The van der Waals surface area contributed by atoms with Gasteiger partial charge in [-0.15, -0.1) is 56.7 Å². The highest BCUT2D eigenvalue weighted by atomic mass is 32.1. The summed E-state index contributed by atoms with van der Waals surface area (Å²) in [5.41, 5.74) is 4.03. The van der Waals surface area contributed by atoms with Crippen molar-refractivity contribution in [1.29, 1.82) is 0 Å². The molecule has 498 valence electrons. The zero-order valence-corrected chi connectivity index (χ0v) is 56.9. The number of aliphatic hydroxyl groups is 2. The van der Waals surface area contributed by atoms with E-state index in [0.717, 1.165) is 70.4 Å². The molecule has 1 unspecified atom stereocenters. The van der Waals surface area contributed by atoms with Crippen molar-refractivity contribution in [2.75, 3.05) is 47.2 Å². The quantitative estimate of drug-likeness (QED) is 0.0272. The number of esters is 1. The number of amides is 1. The molecule has 3 aliphatic heterocycles.